The molecule has 0 aliphatic heterocycles. The van der Waals surface area contributed by atoms with Crippen LogP contribution in [0.4, 0.5) is 4.39 Å². The minimum absolute atomic E-state index is 0.0473. The minimum Gasteiger partial charge on any atom is -0.334 e. The van der Waals surface area contributed by atoms with Gasteiger partial charge in [-0.1, -0.05) is 0 Å². The first-order valence-electron chi connectivity index (χ1n) is 9.81. The maximum atomic E-state index is 12.7. The van der Waals surface area contributed by atoms with Crippen LogP contribution in [0.3, 0.4) is 0 Å². The molecule has 0 spiro atoms. The Hall–Kier alpha value is -2.83. The van der Waals surface area contributed by atoms with Crippen molar-refractivity contribution in [1.82, 2.24) is 19.3 Å². The molecule has 1 atom stereocenters. The van der Waals surface area contributed by atoms with Crippen molar-refractivity contribution in [3.8, 4) is 17.5 Å². The number of aromatic nitrogens is 3. The maximum Gasteiger partial charge on any atom is 0.242 e. The van der Waals surface area contributed by atoms with E-state index in [1.54, 1.807) is 12.3 Å². The summed E-state index contributed by atoms with van der Waals surface area (Å²) in [5, 5.41) is 10.7. The summed E-state index contributed by atoms with van der Waals surface area (Å²) >= 11 is 0. The summed E-state index contributed by atoms with van der Waals surface area (Å²) in [5.74, 6) is 0. The summed E-state index contributed by atoms with van der Waals surface area (Å²) in [6.45, 7) is 2.53. The Morgan fingerprint density at radius 2 is 2.10 bits per heavy atom. The lowest BCUT2D eigenvalue weighted by Crippen LogP contribution is -2.34. The molecule has 1 aliphatic carbocycles. The fourth-order valence-electron chi connectivity index (χ4n) is 3.75. The van der Waals surface area contributed by atoms with Crippen molar-refractivity contribution < 1.29 is 12.8 Å². The summed E-state index contributed by atoms with van der Waals surface area (Å²) in [6.07, 6.45) is 6.17. The van der Waals surface area contributed by atoms with Crippen LogP contribution < -0.4 is 4.72 Å². The van der Waals surface area contributed by atoms with Gasteiger partial charge in [0.2, 0.25) is 10.0 Å². The zero-order chi connectivity index (χ0) is 21.5. The summed E-state index contributed by atoms with van der Waals surface area (Å²) in [6, 6.07) is 6.67. The molecule has 7 nitrogen and oxygen atoms in total. The molecule has 0 bridgehead atoms. The minimum atomic E-state index is -3.87. The van der Waals surface area contributed by atoms with Crippen LogP contribution in [0, 0.1) is 18.3 Å². The molecule has 0 amide bonds. The van der Waals surface area contributed by atoms with Gasteiger partial charge >= 0.3 is 0 Å². The molecule has 3 aromatic rings. The van der Waals surface area contributed by atoms with E-state index in [9.17, 15) is 18.1 Å². The third-order valence-corrected chi connectivity index (χ3v) is 7.03. The Balaban J connectivity index is 1.84. The number of nitrogens with one attached hydrogen (secondary N) is 1. The Bertz CT molecular complexity index is 1240. The largest absolute Gasteiger partial charge is 0.334 e. The molecular weight excluding hydrogens is 405 g/mol. The van der Waals surface area contributed by atoms with Crippen molar-refractivity contribution in [2.24, 2.45) is 0 Å². The van der Waals surface area contributed by atoms with Crippen LogP contribution in [0.1, 0.15) is 43.5 Å². The van der Waals surface area contributed by atoms with Gasteiger partial charge in [-0.05, 0) is 51.3 Å². The number of halogens is 1. The Morgan fingerprint density at radius 1 is 1.33 bits per heavy atom. The predicted octanol–water partition coefficient (Wildman–Crippen LogP) is 3.64. The molecule has 3 heterocycles. The van der Waals surface area contributed by atoms with Crippen molar-refractivity contribution in [3.63, 3.8) is 0 Å². The molecule has 4 rings (SSSR count). The van der Waals surface area contributed by atoms with Gasteiger partial charge in [0.1, 0.15) is 17.6 Å². The summed E-state index contributed by atoms with van der Waals surface area (Å²) in [7, 11) is -3.87. The fraction of sp³-hybridized carbons (Fsp3) is 0.381. The van der Waals surface area contributed by atoms with E-state index in [-0.39, 0.29) is 10.9 Å². The van der Waals surface area contributed by atoms with E-state index in [0.29, 0.717) is 17.0 Å². The zero-order valence-electron chi connectivity index (χ0n) is 16.8. The van der Waals surface area contributed by atoms with E-state index in [2.05, 4.69) is 25.3 Å². The number of nitriles is 1. The number of aryl methyl sites for hydroxylation is 1. The lowest BCUT2D eigenvalue weighted by molar-refractivity contribution is 0.324. The van der Waals surface area contributed by atoms with Crippen LogP contribution in [0.25, 0.3) is 22.3 Å². The van der Waals surface area contributed by atoms with Crippen LogP contribution in [0.5, 0.6) is 0 Å². The molecule has 0 saturated heterocycles. The van der Waals surface area contributed by atoms with E-state index in [4.69, 9.17) is 0 Å². The second-order valence-corrected chi connectivity index (χ2v) is 9.40. The highest BCUT2D eigenvalue weighted by Gasteiger charge is 2.29. The molecule has 1 saturated carbocycles. The van der Waals surface area contributed by atoms with Gasteiger partial charge in [-0.25, -0.2) is 17.5 Å². The van der Waals surface area contributed by atoms with Crippen LogP contribution in [0.2, 0.25) is 0 Å². The smallest absolute Gasteiger partial charge is 0.242 e. The van der Waals surface area contributed by atoms with Gasteiger partial charge < -0.3 is 4.57 Å². The molecule has 1 aliphatic rings. The standard InChI is InChI=1S/C21H22FN5O2S/c1-13-8-17-18(10-23)21(27(15-4-3-5-15)20(17)12-24-13)19-7-6-16(11-25-19)30(28,29)26-14(2)9-22/h6-8,11-12,14-15,26H,3-5,9H2,1-2H3/t14-/m0/s1. The Labute approximate surface area is 174 Å². The van der Waals surface area contributed by atoms with Crippen molar-refractivity contribution >= 4 is 20.9 Å². The number of hydrogen-bond acceptors (Lipinski definition) is 5. The quantitative estimate of drug-likeness (QED) is 0.647. The number of hydrogen-bond donors (Lipinski definition) is 1. The van der Waals surface area contributed by atoms with Crippen molar-refractivity contribution in [1.29, 1.82) is 5.26 Å². The SMILES string of the molecule is Cc1cc2c(C#N)c(-c3ccc(S(=O)(=O)N[C@@H](C)CF)cn3)n(C3CCC3)c2cn1. The van der Waals surface area contributed by atoms with Crippen molar-refractivity contribution in [2.45, 2.75) is 50.1 Å². The van der Waals surface area contributed by atoms with Gasteiger partial charge in [0.15, 0.2) is 0 Å². The van der Waals surface area contributed by atoms with Gasteiger partial charge in [-0.2, -0.15) is 5.26 Å². The molecule has 0 radical (unpaired) electrons. The van der Waals surface area contributed by atoms with Gasteiger partial charge in [-0.3, -0.25) is 9.97 Å². The highest BCUT2D eigenvalue weighted by Crippen LogP contribution is 2.42. The van der Waals surface area contributed by atoms with Crippen LogP contribution in [0.15, 0.2) is 35.5 Å². The van der Waals surface area contributed by atoms with Crippen molar-refractivity contribution in [2.75, 3.05) is 6.67 Å². The highest BCUT2D eigenvalue weighted by molar-refractivity contribution is 7.89. The normalized spacial score (nSPS) is 15.7. The van der Waals surface area contributed by atoms with E-state index >= 15 is 0 Å². The molecule has 3 aromatic heterocycles. The molecule has 0 unspecified atom stereocenters. The van der Waals surface area contributed by atoms with Crippen molar-refractivity contribution in [3.05, 3.63) is 41.9 Å². The molecule has 1 N–H and O–H groups in total. The third-order valence-electron chi connectivity index (χ3n) is 5.45. The maximum absolute atomic E-state index is 12.7. The number of nitrogens with zero attached hydrogens (tertiary/aromatic N) is 4. The monoisotopic (exact) mass is 427 g/mol. The van der Waals surface area contributed by atoms with E-state index in [1.807, 2.05) is 13.0 Å². The molecule has 1 fully saturated rings. The van der Waals surface area contributed by atoms with E-state index in [0.717, 1.165) is 35.9 Å². The second kappa shape index (κ2) is 7.78. The third kappa shape index (κ3) is 3.46. The second-order valence-electron chi connectivity index (χ2n) is 7.69. The lowest BCUT2D eigenvalue weighted by Gasteiger charge is -2.29. The predicted molar refractivity (Wildman–Crippen MR) is 111 cm³/mol. The molecule has 30 heavy (non-hydrogen) atoms. The summed E-state index contributed by atoms with van der Waals surface area (Å²) < 4.78 is 41.9. The Kier molecular flexibility index (Phi) is 5.30. The average Bonchev–Trinajstić information content (AvgIpc) is 2.99. The van der Waals surface area contributed by atoms with Crippen LogP contribution in [-0.4, -0.2) is 35.7 Å². The average molecular weight is 428 g/mol. The molecule has 0 aromatic carbocycles. The number of rotatable bonds is 6. The summed E-state index contributed by atoms with van der Waals surface area (Å²) in [5.41, 5.74) is 3.41. The van der Waals surface area contributed by atoms with Gasteiger partial charge in [-0.15, -0.1) is 0 Å². The van der Waals surface area contributed by atoms with E-state index < -0.39 is 22.7 Å². The number of alkyl halides is 1. The highest BCUT2D eigenvalue weighted by atomic mass is 32.2. The summed E-state index contributed by atoms with van der Waals surface area (Å²) in [4.78, 5) is 8.73. The zero-order valence-corrected chi connectivity index (χ0v) is 17.6. The first kappa shape index (κ1) is 20.4. The number of fused-ring (bicyclic) bond motifs is 1. The molecular formula is C21H22FN5O2S. The molecule has 9 heteroatoms. The Morgan fingerprint density at radius 3 is 2.67 bits per heavy atom. The van der Waals surface area contributed by atoms with Gasteiger partial charge in [0.25, 0.3) is 0 Å². The first-order valence-corrected chi connectivity index (χ1v) is 11.3. The van der Waals surface area contributed by atoms with Gasteiger partial charge in [0, 0.05) is 29.4 Å². The lowest BCUT2D eigenvalue weighted by atomic mass is 9.92. The molecule has 156 valence electrons. The number of sulfonamides is 1. The van der Waals surface area contributed by atoms with Crippen LogP contribution >= 0.6 is 0 Å². The number of pyridine rings is 2. The topological polar surface area (TPSA) is 101 Å². The van der Waals surface area contributed by atoms with Crippen LogP contribution in [-0.2, 0) is 10.0 Å². The van der Waals surface area contributed by atoms with E-state index in [1.165, 1.54) is 19.2 Å². The fourth-order valence-corrected chi connectivity index (χ4v) is 4.91. The first-order chi connectivity index (χ1) is 14.4. The van der Waals surface area contributed by atoms with Gasteiger partial charge in [0.05, 0.1) is 28.7 Å².